The maximum absolute atomic E-state index is 12.3. The molecule has 1 atom stereocenters. The molecule has 3 heterocycles. The number of carbonyl (C=O) groups excluding carboxylic acids is 1. The van der Waals surface area contributed by atoms with Crippen LogP contribution < -0.4 is 20.9 Å². The molecule has 2 saturated heterocycles. The molecule has 154 valence electrons. The Morgan fingerprint density at radius 1 is 1.07 bits per heavy atom. The zero-order valence-corrected chi connectivity index (χ0v) is 16.4. The first-order chi connectivity index (χ1) is 14.3. The molecule has 2 aromatic rings. The lowest BCUT2D eigenvalue weighted by molar-refractivity contribution is -0.121. The van der Waals surface area contributed by atoms with Crippen molar-refractivity contribution in [1.29, 1.82) is 0 Å². The number of amides is 1. The predicted octanol–water partition coefficient (Wildman–Crippen LogP) is 1.40. The SMILES string of the molecule is O=C1NCCCCC1Nc1nc(NCc2ccccc2)nc(N2CCOCC2)n1. The van der Waals surface area contributed by atoms with Crippen molar-refractivity contribution in [3.63, 3.8) is 0 Å². The quantitative estimate of drug-likeness (QED) is 0.672. The summed E-state index contributed by atoms with van der Waals surface area (Å²) in [6.45, 7) is 4.07. The number of hydrogen-bond acceptors (Lipinski definition) is 8. The van der Waals surface area contributed by atoms with E-state index in [1.165, 1.54) is 0 Å². The number of benzene rings is 1. The van der Waals surface area contributed by atoms with Gasteiger partial charge in [-0.05, 0) is 24.8 Å². The van der Waals surface area contributed by atoms with E-state index in [0.29, 0.717) is 37.6 Å². The average molecular weight is 397 g/mol. The summed E-state index contributed by atoms with van der Waals surface area (Å²) < 4.78 is 5.44. The van der Waals surface area contributed by atoms with Crippen molar-refractivity contribution in [3.05, 3.63) is 35.9 Å². The van der Waals surface area contributed by atoms with E-state index >= 15 is 0 Å². The zero-order valence-electron chi connectivity index (χ0n) is 16.4. The molecule has 2 aliphatic rings. The summed E-state index contributed by atoms with van der Waals surface area (Å²) in [6, 6.07) is 9.75. The third kappa shape index (κ3) is 5.32. The highest BCUT2D eigenvalue weighted by Gasteiger charge is 2.23. The van der Waals surface area contributed by atoms with Gasteiger partial charge in [-0.3, -0.25) is 4.79 Å². The number of morpholine rings is 1. The van der Waals surface area contributed by atoms with Crippen molar-refractivity contribution in [3.8, 4) is 0 Å². The van der Waals surface area contributed by atoms with Gasteiger partial charge in [-0.2, -0.15) is 15.0 Å². The number of ether oxygens (including phenoxy) is 1. The lowest BCUT2D eigenvalue weighted by atomic mass is 10.1. The molecule has 4 rings (SSSR count). The van der Waals surface area contributed by atoms with Crippen molar-refractivity contribution >= 4 is 23.8 Å². The van der Waals surface area contributed by atoms with Crippen LogP contribution in [0, 0.1) is 0 Å². The Balaban J connectivity index is 1.54. The number of nitrogens with zero attached hydrogens (tertiary/aromatic N) is 4. The molecule has 0 radical (unpaired) electrons. The topological polar surface area (TPSA) is 104 Å². The van der Waals surface area contributed by atoms with Crippen LogP contribution in [0.5, 0.6) is 0 Å². The standard InChI is InChI=1S/C20H27N7O2/c28-17-16(8-4-5-9-21-17)23-19-24-18(22-14-15-6-2-1-3-7-15)25-20(26-19)27-10-12-29-13-11-27/h1-3,6-7,16H,4-5,8-14H2,(H,21,28)(H2,22,23,24,25,26). The first kappa shape index (κ1) is 19.4. The molecule has 0 saturated carbocycles. The molecule has 9 heteroatoms. The van der Waals surface area contributed by atoms with Crippen LogP contribution in [0.15, 0.2) is 30.3 Å². The monoisotopic (exact) mass is 397 g/mol. The van der Waals surface area contributed by atoms with Crippen molar-refractivity contribution < 1.29 is 9.53 Å². The summed E-state index contributed by atoms with van der Waals surface area (Å²) in [7, 11) is 0. The Morgan fingerprint density at radius 2 is 1.86 bits per heavy atom. The van der Waals surface area contributed by atoms with E-state index in [0.717, 1.165) is 44.5 Å². The van der Waals surface area contributed by atoms with Crippen molar-refractivity contribution in [2.24, 2.45) is 0 Å². The summed E-state index contributed by atoms with van der Waals surface area (Å²) in [4.78, 5) is 28.1. The number of anilines is 3. The third-order valence-corrected chi connectivity index (χ3v) is 5.05. The Bertz CT molecular complexity index is 812. The van der Waals surface area contributed by atoms with Gasteiger partial charge in [0.05, 0.1) is 13.2 Å². The highest BCUT2D eigenvalue weighted by Crippen LogP contribution is 2.18. The number of rotatable bonds is 6. The van der Waals surface area contributed by atoms with Crippen LogP contribution in [0.1, 0.15) is 24.8 Å². The van der Waals surface area contributed by atoms with Gasteiger partial charge >= 0.3 is 0 Å². The largest absolute Gasteiger partial charge is 0.378 e. The van der Waals surface area contributed by atoms with E-state index in [4.69, 9.17) is 4.74 Å². The summed E-state index contributed by atoms with van der Waals surface area (Å²) in [5.41, 5.74) is 1.14. The number of nitrogens with one attached hydrogen (secondary N) is 3. The molecule has 1 amide bonds. The zero-order chi connectivity index (χ0) is 19.9. The summed E-state index contributed by atoms with van der Waals surface area (Å²) in [5.74, 6) is 1.49. The van der Waals surface area contributed by atoms with Crippen LogP contribution in [-0.2, 0) is 16.1 Å². The van der Waals surface area contributed by atoms with Gasteiger partial charge in [-0.1, -0.05) is 30.3 Å². The molecular weight excluding hydrogens is 370 g/mol. The fourth-order valence-electron chi connectivity index (χ4n) is 3.42. The molecule has 1 unspecified atom stereocenters. The third-order valence-electron chi connectivity index (χ3n) is 5.05. The van der Waals surface area contributed by atoms with Gasteiger partial charge in [0.25, 0.3) is 0 Å². The minimum absolute atomic E-state index is 0.00497. The van der Waals surface area contributed by atoms with Crippen LogP contribution >= 0.6 is 0 Å². The van der Waals surface area contributed by atoms with Crippen LogP contribution in [0.2, 0.25) is 0 Å². The maximum Gasteiger partial charge on any atom is 0.242 e. The van der Waals surface area contributed by atoms with Gasteiger partial charge in [-0.25, -0.2) is 0 Å². The molecule has 2 fully saturated rings. The number of aromatic nitrogens is 3. The molecular formula is C20H27N7O2. The van der Waals surface area contributed by atoms with Gasteiger partial charge in [0.15, 0.2) is 0 Å². The second kappa shape index (κ2) is 9.51. The molecule has 2 aliphatic heterocycles. The first-order valence-corrected chi connectivity index (χ1v) is 10.2. The highest BCUT2D eigenvalue weighted by molar-refractivity contribution is 5.84. The number of hydrogen-bond donors (Lipinski definition) is 3. The molecule has 1 aromatic heterocycles. The average Bonchev–Trinajstić information content (AvgIpc) is 2.97. The smallest absolute Gasteiger partial charge is 0.242 e. The molecule has 0 spiro atoms. The van der Waals surface area contributed by atoms with Gasteiger partial charge in [0, 0.05) is 26.2 Å². The second-order valence-electron chi connectivity index (χ2n) is 7.20. The van der Waals surface area contributed by atoms with E-state index < -0.39 is 0 Å². The van der Waals surface area contributed by atoms with Crippen molar-refractivity contribution in [2.45, 2.75) is 31.8 Å². The van der Waals surface area contributed by atoms with Crippen LogP contribution in [-0.4, -0.2) is 59.7 Å². The van der Waals surface area contributed by atoms with Crippen LogP contribution in [0.25, 0.3) is 0 Å². The molecule has 9 nitrogen and oxygen atoms in total. The Kier molecular flexibility index (Phi) is 6.35. The Morgan fingerprint density at radius 3 is 2.69 bits per heavy atom. The van der Waals surface area contributed by atoms with Gasteiger partial charge in [0.2, 0.25) is 23.8 Å². The predicted molar refractivity (Wildman–Crippen MR) is 111 cm³/mol. The van der Waals surface area contributed by atoms with Crippen molar-refractivity contribution in [2.75, 3.05) is 48.4 Å². The van der Waals surface area contributed by atoms with Gasteiger partial charge in [0.1, 0.15) is 6.04 Å². The summed E-state index contributed by atoms with van der Waals surface area (Å²) in [6.07, 6.45) is 2.73. The number of carbonyl (C=O) groups is 1. The minimum Gasteiger partial charge on any atom is -0.378 e. The fourth-order valence-corrected chi connectivity index (χ4v) is 3.42. The van der Waals surface area contributed by atoms with Crippen molar-refractivity contribution in [1.82, 2.24) is 20.3 Å². The normalized spacial score (nSPS) is 19.9. The van der Waals surface area contributed by atoms with E-state index in [1.54, 1.807) is 0 Å². The van der Waals surface area contributed by atoms with Crippen LogP contribution in [0.3, 0.4) is 0 Å². The van der Waals surface area contributed by atoms with Gasteiger partial charge < -0.3 is 25.6 Å². The molecule has 3 N–H and O–H groups in total. The lowest BCUT2D eigenvalue weighted by Gasteiger charge is -2.27. The second-order valence-corrected chi connectivity index (χ2v) is 7.20. The van der Waals surface area contributed by atoms with E-state index in [-0.39, 0.29) is 11.9 Å². The summed E-state index contributed by atoms with van der Waals surface area (Å²) in [5, 5.41) is 9.44. The minimum atomic E-state index is -0.334. The highest BCUT2D eigenvalue weighted by atomic mass is 16.5. The fraction of sp³-hybridized carbons (Fsp3) is 0.500. The Labute approximate surface area is 170 Å². The molecule has 1 aromatic carbocycles. The van der Waals surface area contributed by atoms with E-state index in [2.05, 4.69) is 35.8 Å². The van der Waals surface area contributed by atoms with Crippen LogP contribution in [0.4, 0.5) is 17.8 Å². The van der Waals surface area contributed by atoms with E-state index in [1.807, 2.05) is 30.3 Å². The molecule has 0 bridgehead atoms. The Hall–Kier alpha value is -2.94. The molecule has 0 aliphatic carbocycles. The van der Waals surface area contributed by atoms with E-state index in [9.17, 15) is 4.79 Å². The summed E-state index contributed by atoms with van der Waals surface area (Å²) >= 11 is 0. The first-order valence-electron chi connectivity index (χ1n) is 10.2. The lowest BCUT2D eigenvalue weighted by Crippen LogP contribution is -2.39. The van der Waals surface area contributed by atoms with Gasteiger partial charge in [-0.15, -0.1) is 0 Å². The molecule has 29 heavy (non-hydrogen) atoms. The maximum atomic E-state index is 12.3.